The Labute approximate surface area is 78.1 Å². The summed E-state index contributed by atoms with van der Waals surface area (Å²) in [6.07, 6.45) is 1.01. The van der Waals surface area contributed by atoms with Crippen LogP contribution in [0, 0.1) is 0 Å². The van der Waals surface area contributed by atoms with E-state index in [-0.39, 0.29) is 12.3 Å². The summed E-state index contributed by atoms with van der Waals surface area (Å²) in [7, 11) is 1.87. The van der Waals surface area contributed by atoms with E-state index < -0.39 is 0 Å². The predicted molar refractivity (Wildman–Crippen MR) is 50.6 cm³/mol. The summed E-state index contributed by atoms with van der Waals surface area (Å²) in [6, 6.07) is 10.2. The Morgan fingerprint density at radius 3 is 2.62 bits per heavy atom. The van der Waals surface area contributed by atoms with E-state index in [0.717, 1.165) is 6.42 Å². The zero-order chi connectivity index (χ0) is 9.26. The summed E-state index contributed by atoms with van der Waals surface area (Å²) in [5.74, 6) is 0. The lowest BCUT2D eigenvalue weighted by molar-refractivity contribution is -0.144. The first-order chi connectivity index (χ1) is 6.27. The van der Waals surface area contributed by atoms with Crippen molar-refractivity contribution < 1.29 is 4.84 Å². The fourth-order valence-corrected chi connectivity index (χ4v) is 1.55. The maximum Gasteiger partial charge on any atom is 0.107 e. The van der Waals surface area contributed by atoms with Crippen molar-refractivity contribution in [3.63, 3.8) is 0 Å². The molecular weight excluding hydrogens is 164 g/mol. The van der Waals surface area contributed by atoms with Crippen molar-refractivity contribution in [2.45, 2.75) is 18.7 Å². The van der Waals surface area contributed by atoms with Crippen LogP contribution in [0.3, 0.4) is 0 Å². The van der Waals surface area contributed by atoms with E-state index in [4.69, 9.17) is 10.6 Å². The minimum absolute atomic E-state index is 0.0187. The molecule has 70 valence electrons. The summed E-state index contributed by atoms with van der Waals surface area (Å²) in [5.41, 5.74) is 7.00. The van der Waals surface area contributed by atoms with Crippen LogP contribution in [0.25, 0.3) is 0 Å². The molecule has 0 spiro atoms. The minimum atomic E-state index is 0.0187. The molecular formula is C10H14N2O. The second kappa shape index (κ2) is 3.46. The second-order valence-corrected chi connectivity index (χ2v) is 3.35. The molecule has 1 saturated heterocycles. The second-order valence-electron chi connectivity index (χ2n) is 3.35. The normalized spacial score (nSPS) is 29.4. The molecule has 1 heterocycles. The topological polar surface area (TPSA) is 38.5 Å². The van der Waals surface area contributed by atoms with Gasteiger partial charge < -0.3 is 5.73 Å². The van der Waals surface area contributed by atoms with Crippen LogP contribution in [0.15, 0.2) is 30.3 Å². The van der Waals surface area contributed by atoms with Gasteiger partial charge >= 0.3 is 0 Å². The van der Waals surface area contributed by atoms with E-state index in [1.54, 1.807) is 5.06 Å². The Morgan fingerprint density at radius 1 is 1.38 bits per heavy atom. The molecule has 3 nitrogen and oxygen atoms in total. The number of nitrogens with zero attached hydrogens (tertiary/aromatic N) is 1. The first-order valence-corrected chi connectivity index (χ1v) is 4.47. The van der Waals surface area contributed by atoms with Crippen LogP contribution in [-0.2, 0) is 4.84 Å². The molecule has 1 aromatic rings. The molecule has 0 saturated carbocycles. The highest BCUT2D eigenvalue weighted by atomic mass is 16.7. The van der Waals surface area contributed by atoms with Gasteiger partial charge in [0, 0.05) is 13.5 Å². The quantitative estimate of drug-likeness (QED) is 0.704. The van der Waals surface area contributed by atoms with Crippen LogP contribution < -0.4 is 5.73 Å². The van der Waals surface area contributed by atoms with Gasteiger partial charge in [-0.3, -0.25) is 4.84 Å². The Kier molecular flexibility index (Phi) is 2.31. The molecule has 0 bridgehead atoms. The molecule has 2 rings (SSSR count). The summed E-state index contributed by atoms with van der Waals surface area (Å²) >= 11 is 0. The lowest BCUT2D eigenvalue weighted by Gasteiger charge is -2.12. The molecule has 1 fully saturated rings. The number of rotatable bonds is 1. The van der Waals surface area contributed by atoms with E-state index in [9.17, 15) is 0 Å². The third kappa shape index (κ3) is 1.72. The van der Waals surface area contributed by atoms with E-state index in [2.05, 4.69) is 12.1 Å². The third-order valence-corrected chi connectivity index (χ3v) is 2.39. The molecule has 0 aromatic heterocycles. The zero-order valence-electron chi connectivity index (χ0n) is 7.68. The third-order valence-electron chi connectivity index (χ3n) is 2.39. The van der Waals surface area contributed by atoms with Crippen molar-refractivity contribution in [3.8, 4) is 0 Å². The van der Waals surface area contributed by atoms with Crippen LogP contribution in [-0.4, -0.2) is 18.3 Å². The smallest absolute Gasteiger partial charge is 0.107 e. The van der Waals surface area contributed by atoms with Crippen LogP contribution in [0.4, 0.5) is 0 Å². The van der Waals surface area contributed by atoms with Gasteiger partial charge in [-0.15, -0.1) is 0 Å². The summed E-state index contributed by atoms with van der Waals surface area (Å²) in [5, 5.41) is 1.72. The number of hydroxylamine groups is 2. The average molecular weight is 178 g/mol. The highest BCUT2D eigenvalue weighted by molar-refractivity contribution is 5.18. The molecule has 1 aromatic carbocycles. The number of hydrogen-bond acceptors (Lipinski definition) is 3. The van der Waals surface area contributed by atoms with Gasteiger partial charge in [0.25, 0.3) is 0 Å². The number of benzene rings is 1. The Hall–Kier alpha value is -0.900. The van der Waals surface area contributed by atoms with Gasteiger partial charge in [-0.2, -0.15) is 5.06 Å². The van der Waals surface area contributed by atoms with E-state index in [0.29, 0.717) is 0 Å². The lowest BCUT2D eigenvalue weighted by Crippen LogP contribution is -2.31. The van der Waals surface area contributed by atoms with E-state index >= 15 is 0 Å². The fourth-order valence-electron chi connectivity index (χ4n) is 1.55. The average Bonchev–Trinajstić information content (AvgIpc) is 2.49. The first-order valence-electron chi connectivity index (χ1n) is 4.47. The standard InChI is InChI=1S/C10H14N2O/c1-12-10(11)7-9(13-12)8-5-3-2-4-6-8/h2-6,9-10H,7,11H2,1H3/t9-,10+/m1/s1. The maximum absolute atomic E-state index is 5.81. The lowest BCUT2D eigenvalue weighted by atomic mass is 10.1. The highest BCUT2D eigenvalue weighted by Crippen LogP contribution is 2.29. The summed E-state index contributed by atoms with van der Waals surface area (Å²) in [6.45, 7) is 0. The summed E-state index contributed by atoms with van der Waals surface area (Å²) in [4.78, 5) is 5.57. The van der Waals surface area contributed by atoms with Gasteiger partial charge in [-0.05, 0) is 5.56 Å². The van der Waals surface area contributed by atoms with E-state index in [1.807, 2.05) is 25.2 Å². The Morgan fingerprint density at radius 2 is 2.08 bits per heavy atom. The Bertz CT molecular complexity index is 266. The molecule has 0 radical (unpaired) electrons. The number of nitrogens with two attached hydrogens (primary N) is 1. The highest BCUT2D eigenvalue weighted by Gasteiger charge is 2.28. The summed E-state index contributed by atoms with van der Waals surface area (Å²) < 4.78 is 0. The maximum atomic E-state index is 5.81. The van der Waals surface area contributed by atoms with Crippen molar-refractivity contribution in [2.24, 2.45) is 5.73 Å². The van der Waals surface area contributed by atoms with Crippen molar-refractivity contribution in [1.82, 2.24) is 5.06 Å². The predicted octanol–water partition coefficient (Wildman–Crippen LogP) is 1.28. The molecule has 2 atom stereocenters. The van der Waals surface area contributed by atoms with Gasteiger partial charge in [-0.1, -0.05) is 30.3 Å². The van der Waals surface area contributed by atoms with Gasteiger partial charge in [0.2, 0.25) is 0 Å². The monoisotopic (exact) mass is 178 g/mol. The van der Waals surface area contributed by atoms with Crippen LogP contribution in [0.2, 0.25) is 0 Å². The molecule has 1 aliphatic rings. The van der Waals surface area contributed by atoms with Crippen molar-refractivity contribution in [3.05, 3.63) is 35.9 Å². The van der Waals surface area contributed by atoms with Gasteiger partial charge in [0.05, 0.1) is 6.17 Å². The van der Waals surface area contributed by atoms with Gasteiger partial charge in [0.15, 0.2) is 0 Å². The molecule has 13 heavy (non-hydrogen) atoms. The van der Waals surface area contributed by atoms with Crippen LogP contribution in [0.5, 0.6) is 0 Å². The van der Waals surface area contributed by atoms with Gasteiger partial charge in [0.1, 0.15) is 6.10 Å². The SMILES string of the molecule is CN1O[C@@H](c2ccccc2)C[C@H]1N. The van der Waals surface area contributed by atoms with Crippen LogP contribution in [0.1, 0.15) is 18.1 Å². The Balaban J connectivity index is 2.12. The van der Waals surface area contributed by atoms with Crippen molar-refractivity contribution in [1.29, 1.82) is 0 Å². The zero-order valence-corrected chi connectivity index (χ0v) is 7.68. The molecule has 3 heteroatoms. The molecule has 0 amide bonds. The first kappa shape index (κ1) is 8.69. The van der Waals surface area contributed by atoms with E-state index in [1.165, 1.54) is 5.56 Å². The van der Waals surface area contributed by atoms with Crippen LogP contribution >= 0.6 is 0 Å². The molecule has 2 N–H and O–H groups in total. The molecule has 1 aliphatic heterocycles. The van der Waals surface area contributed by atoms with Crippen molar-refractivity contribution in [2.75, 3.05) is 7.05 Å². The van der Waals surface area contributed by atoms with Gasteiger partial charge in [-0.25, -0.2) is 0 Å². The minimum Gasteiger partial charge on any atom is -0.314 e. The largest absolute Gasteiger partial charge is 0.314 e. The van der Waals surface area contributed by atoms with Crippen molar-refractivity contribution >= 4 is 0 Å². The molecule has 0 aliphatic carbocycles. The molecule has 0 unspecified atom stereocenters. The fraction of sp³-hybridized carbons (Fsp3) is 0.400. The number of hydrogen-bond donors (Lipinski definition) is 1.